The standard InChI is InChI=1S/C17H32/c1-8-13-9-17(7,16(13,5)6)10-14-12(4)15(14)11(2)3/h11-15H,8-10H2,1-7H3. The minimum absolute atomic E-state index is 0.575. The molecule has 0 heteroatoms. The Balaban J connectivity index is 1.97. The highest BCUT2D eigenvalue weighted by Crippen LogP contribution is 2.68. The van der Waals surface area contributed by atoms with Gasteiger partial charge in [0.05, 0.1) is 0 Å². The summed E-state index contributed by atoms with van der Waals surface area (Å²) in [5.41, 5.74) is 1.20. The maximum atomic E-state index is 2.56. The second kappa shape index (κ2) is 4.00. The van der Waals surface area contributed by atoms with Crippen LogP contribution in [0.2, 0.25) is 0 Å². The minimum atomic E-state index is 0.575. The van der Waals surface area contributed by atoms with Crippen molar-refractivity contribution in [3.63, 3.8) is 0 Å². The molecule has 0 heterocycles. The van der Waals surface area contributed by atoms with Gasteiger partial charge in [0.2, 0.25) is 0 Å². The summed E-state index contributed by atoms with van der Waals surface area (Å²) in [5.74, 6) is 4.89. The summed E-state index contributed by atoms with van der Waals surface area (Å²) in [6.07, 6.45) is 4.33. The van der Waals surface area contributed by atoms with Crippen LogP contribution in [0.15, 0.2) is 0 Å². The fourth-order valence-electron chi connectivity index (χ4n) is 4.95. The molecule has 17 heavy (non-hydrogen) atoms. The molecule has 0 saturated heterocycles. The molecule has 0 aromatic heterocycles. The van der Waals surface area contributed by atoms with Gasteiger partial charge in [-0.2, -0.15) is 0 Å². The van der Waals surface area contributed by atoms with Crippen LogP contribution >= 0.6 is 0 Å². The van der Waals surface area contributed by atoms with Crippen molar-refractivity contribution in [2.24, 2.45) is 40.4 Å². The molecular formula is C17H32. The molecule has 2 saturated carbocycles. The van der Waals surface area contributed by atoms with E-state index in [1.54, 1.807) is 0 Å². The number of rotatable bonds is 4. The van der Waals surface area contributed by atoms with Crippen molar-refractivity contribution in [1.29, 1.82) is 0 Å². The summed E-state index contributed by atoms with van der Waals surface area (Å²) in [7, 11) is 0. The Bertz CT molecular complexity index is 288. The van der Waals surface area contributed by atoms with Crippen LogP contribution in [0.3, 0.4) is 0 Å². The van der Waals surface area contributed by atoms with Crippen LogP contribution in [0.25, 0.3) is 0 Å². The smallest absolute Gasteiger partial charge is 0.0266 e. The summed E-state index contributed by atoms with van der Waals surface area (Å²) in [6.45, 7) is 17.2. The van der Waals surface area contributed by atoms with Crippen molar-refractivity contribution in [3.05, 3.63) is 0 Å². The van der Waals surface area contributed by atoms with E-state index in [2.05, 4.69) is 48.5 Å². The average molecular weight is 236 g/mol. The van der Waals surface area contributed by atoms with Crippen LogP contribution in [0, 0.1) is 40.4 Å². The highest BCUT2D eigenvalue weighted by atomic mass is 14.6. The Morgan fingerprint density at radius 2 is 1.76 bits per heavy atom. The van der Waals surface area contributed by atoms with Crippen molar-refractivity contribution in [3.8, 4) is 0 Å². The zero-order valence-electron chi connectivity index (χ0n) is 13.0. The highest BCUT2D eigenvalue weighted by molar-refractivity contribution is 5.09. The second-order valence-corrected chi connectivity index (χ2v) is 8.14. The summed E-state index contributed by atoms with van der Waals surface area (Å²) < 4.78 is 0. The van der Waals surface area contributed by atoms with Crippen LogP contribution in [0.1, 0.15) is 67.7 Å². The predicted molar refractivity (Wildman–Crippen MR) is 75.9 cm³/mol. The largest absolute Gasteiger partial charge is 0.0651 e. The van der Waals surface area contributed by atoms with Crippen molar-refractivity contribution in [2.45, 2.75) is 67.7 Å². The fourth-order valence-corrected chi connectivity index (χ4v) is 4.95. The molecule has 0 spiro atoms. The van der Waals surface area contributed by atoms with Gasteiger partial charge in [-0.3, -0.25) is 0 Å². The molecule has 100 valence electrons. The van der Waals surface area contributed by atoms with Crippen LogP contribution in [-0.4, -0.2) is 0 Å². The highest BCUT2D eigenvalue weighted by Gasteiger charge is 2.60. The van der Waals surface area contributed by atoms with E-state index < -0.39 is 0 Å². The lowest BCUT2D eigenvalue weighted by Crippen LogP contribution is -2.53. The predicted octanol–water partition coefficient (Wildman–Crippen LogP) is 5.38. The molecule has 0 aliphatic heterocycles. The van der Waals surface area contributed by atoms with Gasteiger partial charge in [0, 0.05) is 0 Å². The zero-order chi connectivity index (χ0) is 13.0. The maximum absolute atomic E-state index is 2.56. The van der Waals surface area contributed by atoms with Crippen LogP contribution in [-0.2, 0) is 0 Å². The lowest BCUT2D eigenvalue weighted by atomic mass is 9.44. The first-order valence-electron chi connectivity index (χ1n) is 7.74. The van der Waals surface area contributed by atoms with Crippen molar-refractivity contribution < 1.29 is 0 Å². The van der Waals surface area contributed by atoms with Crippen LogP contribution in [0.4, 0.5) is 0 Å². The summed E-state index contributed by atoms with van der Waals surface area (Å²) >= 11 is 0. The lowest BCUT2D eigenvalue weighted by Gasteiger charge is -2.61. The summed E-state index contributed by atoms with van der Waals surface area (Å²) in [4.78, 5) is 0. The van der Waals surface area contributed by atoms with Gasteiger partial charge < -0.3 is 0 Å². The van der Waals surface area contributed by atoms with E-state index >= 15 is 0 Å². The average Bonchev–Trinajstić information content (AvgIpc) is 2.85. The van der Waals surface area contributed by atoms with Gasteiger partial charge in [-0.25, -0.2) is 0 Å². The molecule has 0 nitrogen and oxygen atoms in total. The van der Waals surface area contributed by atoms with Gasteiger partial charge in [0.15, 0.2) is 0 Å². The van der Waals surface area contributed by atoms with E-state index in [1.807, 2.05) is 0 Å². The Morgan fingerprint density at radius 1 is 1.18 bits per heavy atom. The fraction of sp³-hybridized carbons (Fsp3) is 1.00. The van der Waals surface area contributed by atoms with Gasteiger partial charge in [-0.1, -0.05) is 54.9 Å². The molecule has 0 radical (unpaired) electrons. The van der Waals surface area contributed by atoms with Gasteiger partial charge in [-0.05, 0) is 53.3 Å². The molecule has 5 unspecified atom stereocenters. The minimum Gasteiger partial charge on any atom is -0.0651 e. The molecule has 0 aromatic rings. The van der Waals surface area contributed by atoms with Crippen LogP contribution in [0.5, 0.6) is 0 Å². The third-order valence-electron chi connectivity index (χ3n) is 6.86. The molecule has 2 rings (SSSR count). The second-order valence-electron chi connectivity index (χ2n) is 8.14. The molecule has 0 aromatic carbocycles. The van der Waals surface area contributed by atoms with E-state index in [9.17, 15) is 0 Å². The van der Waals surface area contributed by atoms with Crippen molar-refractivity contribution in [2.75, 3.05) is 0 Å². The maximum Gasteiger partial charge on any atom is -0.0266 e. The first-order chi connectivity index (χ1) is 7.74. The van der Waals surface area contributed by atoms with E-state index in [1.165, 1.54) is 19.3 Å². The quantitative estimate of drug-likeness (QED) is 0.615. The molecule has 2 fully saturated rings. The normalized spacial score (nSPS) is 48.0. The Morgan fingerprint density at radius 3 is 2.12 bits per heavy atom. The number of hydrogen-bond acceptors (Lipinski definition) is 0. The van der Waals surface area contributed by atoms with Crippen LogP contribution < -0.4 is 0 Å². The van der Waals surface area contributed by atoms with E-state index in [4.69, 9.17) is 0 Å². The van der Waals surface area contributed by atoms with E-state index in [0.29, 0.717) is 10.8 Å². The van der Waals surface area contributed by atoms with E-state index in [-0.39, 0.29) is 0 Å². The van der Waals surface area contributed by atoms with E-state index in [0.717, 1.165) is 29.6 Å². The van der Waals surface area contributed by atoms with Gasteiger partial charge in [0.1, 0.15) is 0 Å². The lowest BCUT2D eigenvalue weighted by molar-refractivity contribution is -0.119. The van der Waals surface area contributed by atoms with Crippen molar-refractivity contribution in [1.82, 2.24) is 0 Å². The van der Waals surface area contributed by atoms with Crippen molar-refractivity contribution >= 4 is 0 Å². The molecule has 0 amide bonds. The Hall–Kier alpha value is 0. The monoisotopic (exact) mass is 236 g/mol. The van der Waals surface area contributed by atoms with Gasteiger partial charge in [0.25, 0.3) is 0 Å². The summed E-state index contributed by atoms with van der Waals surface area (Å²) in [5, 5.41) is 0. The molecule has 0 N–H and O–H groups in total. The zero-order valence-corrected chi connectivity index (χ0v) is 13.0. The van der Waals surface area contributed by atoms with Gasteiger partial charge >= 0.3 is 0 Å². The molecule has 2 aliphatic rings. The third-order valence-corrected chi connectivity index (χ3v) is 6.86. The first kappa shape index (κ1) is 13.4. The topological polar surface area (TPSA) is 0 Å². The molecule has 2 aliphatic carbocycles. The first-order valence-corrected chi connectivity index (χ1v) is 7.74. The SMILES string of the molecule is CCC1CC(C)(CC2C(C)C2C(C)C)C1(C)C. The molecule has 0 bridgehead atoms. The number of hydrogen-bond donors (Lipinski definition) is 0. The molecular weight excluding hydrogens is 204 g/mol. The van der Waals surface area contributed by atoms with Gasteiger partial charge in [-0.15, -0.1) is 0 Å². The molecule has 5 atom stereocenters. The Labute approximate surface area is 109 Å². The third kappa shape index (κ3) is 1.87. The summed E-state index contributed by atoms with van der Waals surface area (Å²) in [6, 6.07) is 0. The Kier molecular flexibility index (Phi) is 3.16.